The van der Waals surface area contributed by atoms with Gasteiger partial charge in [0.25, 0.3) is 0 Å². The van der Waals surface area contributed by atoms with Gasteiger partial charge in [-0.15, -0.1) is 0 Å². The van der Waals surface area contributed by atoms with Crippen LogP contribution in [0.25, 0.3) is 0 Å². The first kappa shape index (κ1) is 18.5. The lowest BCUT2D eigenvalue weighted by Crippen LogP contribution is -2.26. The zero-order valence-corrected chi connectivity index (χ0v) is 13.3. The molecule has 2 nitrogen and oxygen atoms in total. The fraction of sp³-hybridized carbons (Fsp3) is 0.941. The quantitative estimate of drug-likeness (QED) is 0.429. The van der Waals surface area contributed by atoms with Crippen LogP contribution in [0, 0.1) is 5.41 Å². The summed E-state index contributed by atoms with van der Waals surface area (Å²) in [5.74, 6) is -0.633. The molecule has 0 aliphatic carbocycles. The molecule has 1 unspecified atom stereocenters. The van der Waals surface area contributed by atoms with Crippen LogP contribution in [0.15, 0.2) is 0 Å². The van der Waals surface area contributed by atoms with E-state index in [2.05, 4.69) is 6.92 Å². The monoisotopic (exact) mass is 270 g/mol. The third kappa shape index (κ3) is 9.07. The first-order chi connectivity index (χ1) is 9.06. The summed E-state index contributed by atoms with van der Waals surface area (Å²) in [4.78, 5) is 11.1. The Kier molecular flexibility index (Phi) is 11.0. The van der Waals surface area contributed by atoms with Crippen molar-refractivity contribution in [1.29, 1.82) is 0 Å². The summed E-state index contributed by atoms with van der Waals surface area (Å²) < 4.78 is 0. The Balaban J connectivity index is 3.38. The van der Waals surface area contributed by atoms with Crippen LogP contribution < -0.4 is 0 Å². The number of rotatable bonds is 13. The number of hydrogen-bond donors (Lipinski definition) is 1. The lowest BCUT2D eigenvalue weighted by molar-refractivity contribution is -0.148. The van der Waals surface area contributed by atoms with Crippen molar-refractivity contribution in [3.63, 3.8) is 0 Å². The molecule has 0 rings (SSSR count). The normalized spacial score (nSPS) is 14.3. The zero-order chi connectivity index (χ0) is 14.6. The van der Waals surface area contributed by atoms with E-state index in [4.69, 9.17) is 0 Å². The third-order valence-corrected chi connectivity index (χ3v) is 4.38. The van der Waals surface area contributed by atoms with Gasteiger partial charge in [-0.2, -0.15) is 0 Å². The van der Waals surface area contributed by atoms with Crippen LogP contribution in [0.2, 0.25) is 0 Å². The molecule has 0 spiro atoms. The van der Waals surface area contributed by atoms with Gasteiger partial charge >= 0.3 is 5.97 Å². The molecule has 0 aromatic carbocycles. The average molecular weight is 270 g/mol. The molecular weight excluding hydrogens is 236 g/mol. The number of aliphatic carboxylic acids is 1. The summed E-state index contributed by atoms with van der Waals surface area (Å²) in [6, 6.07) is 0. The fourth-order valence-electron chi connectivity index (χ4n) is 2.44. The smallest absolute Gasteiger partial charge is 0.309 e. The second-order valence-electron chi connectivity index (χ2n) is 6.15. The van der Waals surface area contributed by atoms with E-state index in [-0.39, 0.29) is 0 Å². The van der Waals surface area contributed by atoms with Crippen LogP contribution in [0.3, 0.4) is 0 Å². The number of carboxylic acids is 1. The molecule has 0 aromatic heterocycles. The van der Waals surface area contributed by atoms with Gasteiger partial charge in [0.05, 0.1) is 5.41 Å². The van der Waals surface area contributed by atoms with Crippen LogP contribution >= 0.6 is 0 Å². The van der Waals surface area contributed by atoms with Gasteiger partial charge in [0, 0.05) is 0 Å². The molecule has 0 aliphatic rings. The predicted molar refractivity (Wildman–Crippen MR) is 82.5 cm³/mol. The molecule has 0 radical (unpaired) electrons. The molecule has 0 fully saturated rings. The zero-order valence-electron chi connectivity index (χ0n) is 13.3. The van der Waals surface area contributed by atoms with Crippen molar-refractivity contribution in [1.82, 2.24) is 0 Å². The van der Waals surface area contributed by atoms with E-state index in [9.17, 15) is 9.90 Å². The van der Waals surface area contributed by atoms with Gasteiger partial charge in [-0.1, -0.05) is 78.1 Å². The Morgan fingerprint density at radius 1 is 0.842 bits per heavy atom. The van der Waals surface area contributed by atoms with Crippen molar-refractivity contribution < 1.29 is 9.90 Å². The second kappa shape index (κ2) is 11.3. The summed E-state index contributed by atoms with van der Waals surface area (Å²) in [6.07, 6.45) is 14.6. The second-order valence-corrected chi connectivity index (χ2v) is 6.15. The topological polar surface area (TPSA) is 37.3 Å². The number of unbranched alkanes of at least 4 members (excludes halogenated alkanes) is 9. The Labute approximate surface area is 120 Å². The lowest BCUT2D eigenvalue weighted by Gasteiger charge is -2.22. The van der Waals surface area contributed by atoms with E-state index in [0.29, 0.717) is 0 Å². The standard InChI is InChI=1S/C17H34O2/c1-4-6-7-8-9-10-11-12-13-14-15-17(3,5-2)16(18)19/h4-15H2,1-3H3,(H,18,19). The number of carboxylic acid groups (broad SMARTS) is 1. The van der Waals surface area contributed by atoms with E-state index in [1.54, 1.807) is 0 Å². The molecule has 0 heterocycles. The molecular formula is C17H34O2. The Morgan fingerprint density at radius 2 is 1.26 bits per heavy atom. The Bertz CT molecular complexity index is 225. The van der Waals surface area contributed by atoms with Gasteiger partial charge in [-0.25, -0.2) is 0 Å². The summed E-state index contributed by atoms with van der Waals surface area (Å²) in [5.41, 5.74) is -0.500. The predicted octanol–water partition coefficient (Wildman–Crippen LogP) is 5.80. The van der Waals surface area contributed by atoms with Gasteiger partial charge in [0.1, 0.15) is 0 Å². The molecule has 114 valence electrons. The minimum atomic E-state index is -0.633. The summed E-state index contributed by atoms with van der Waals surface area (Å²) in [5, 5.41) is 9.18. The van der Waals surface area contributed by atoms with Crippen LogP contribution in [-0.4, -0.2) is 11.1 Å². The maximum absolute atomic E-state index is 11.1. The minimum absolute atomic E-state index is 0.500. The van der Waals surface area contributed by atoms with Crippen molar-refractivity contribution in [3.05, 3.63) is 0 Å². The van der Waals surface area contributed by atoms with Crippen LogP contribution in [0.4, 0.5) is 0 Å². The van der Waals surface area contributed by atoms with Crippen molar-refractivity contribution in [3.8, 4) is 0 Å². The van der Waals surface area contributed by atoms with Crippen LogP contribution in [0.5, 0.6) is 0 Å². The molecule has 0 saturated carbocycles. The molecule has 0 bridgehead atoms. The van der Waals surface area contributed by atoms with E-state index in [1.807, 2.05) is 13.8 Å². The van der Waals surface area contributed by atoms with Crippen molar-refractivity contribution in [2.24, 2.45) is 5.41 Å². The number of carbonyl (C=O) groups is 1. The molecule has 19 heavy (non-hydrogen) atoms. The summed E-state index contributed by atoms with van der Waals surface area (Å²) >= 11 is 0. The first-order valence-electron chi connectivity index (χ1n) is 8.30. The molecule has 0 aliphatic heterocycles. The largest absolute Gasteiger partial charge is 0.481 e. The summed E-state index contributed by atoms with van der Waals surface area (Å²) in [7, 11) is 0. The van der Waals surface area contributed by atoms with Gasteiger partial charge < -0.3 is 5.11 Å². The molecule has 0 saturated heterocycles. The van der Waals surface area contributed by atoms with Crippen molar-refractivity contribution in [2.75, 3.05) is 0 Å². The Hall–Kier alpha value is -0.530. The molecule has 1 atom stereocenters. The summed E-state index contributed by atoms with van der Waals surface area (Å²) in [6.45, 7) is 6.11. The van der Waals surface area contributed by atoms with Crippen molar-refractivity contribution >= 4 is 5.97 Å². The van der Waals surface area contributed by atoms with E-state index >= 15 is 0 Å². The highest BCUT2D eigenvalue weighted by Gasteiger charge is 2.29. The maximum atomic E-state index is 11.1. The Morgan fingerprint density at radius 3 is 1.63 bits per heavy atom. The van der Waals surface area contributed by atoms with E-state index in [0.717, 1.165) is 19.3 Å². The van der Waals surface area contributed by atoms with Gasteiger partial charge in [-0.05, 0) is 19.8 Å². The van der Waals surface area contributed by atoms with E-state index < -0.39 is 11.4 Å². The van der Waals surface area contributed by atoms with Crippen LogP contribution in [-0.2, 0) is 4.79 Å². The fourth-order valence-corrected chi connectivity index (χ4v) is 2.44. The minimum Gasteiger partial charge on any atom is -0.481 e. The molecule has 0 amide bonds. The highest BCUT2D eigenvalue weighted by atomic mass is 16.4. The van der Waals surface area contributed by atoms with E-state index in [1.165, 1.54) is 57.8 Å². The highest BCUT2D eigenvalue weighted by molar-refractivity contribution is 5.73. The lowest BCUT2D eigenvalue weighted by atomic mass is 9.82. The van der Waals surface area contributed by atoms with Crippen LogP contribution in [0.1, 0.15) is 97.8 Å². The maximum Gasteiger partial charge on any atom is 0.309 e. The highest BCUT2D eigenvalue weighted by Crippen LogP contribution is 2.28. The third-order valence-electron chi connectivity index (χ3n) is 4.38. The molecule has 0 aromatic rings. The SMILES string of the molecule is CCCCCCCCCCCCC(C)(CC)C(=O)O. The van der Waals surface area contributed by atoms with Crippen molar-refractivity contribution in [2.45, 2.75) is 97.8 Å². The van der Waals surface area contributed by atoms with Gasteiger partial charge in [-0.3, -0.25) is 4.79 Å². The first-order valence-corrected chi connectivity index (χ1v) is 8.30. The van der Waals surface area contributed by atoms with Gasteiger partial charge in [0.15, 0.2) is 0 Å². The average Bonchev–Trinajstić information content (AvgIpc) is 2.40. The number of hydrogen-bond acceptors (Lipinski definition) is 1. The molecule has 1 N–H and O–H groups in total. The molecule has 2 heteroatoms. The van der Waals surface area contributed by atoms with Gasteiger partial charge in [0.2, 0.25) is 0 Å².